The Morgan fingerprint density at radius 2 is 0.849 bits per heavy atom. The third-order valence-corrected chi connectivity index (χ3v) is 9.66. The Morgan fingerprint density at radius 3 is 1.21 bits per heavy atom. The SMILES string of the molecule is C=C/C(=C\C=C(/C)c1nc(-c2ccc(-c3ccc(C(C)(C)C)cc3)cc2)nc(-c2ccc(-c3ccc(C(C)(C)C)cc3)cc2)n1)c1ccc(C=C)cc1. The monoisotopic (exact) mass is 691 g/mol. The molecule has 0 aliphatic carbocycles. The molecule has 5 aromatic carbocycles. The van der Waals surface area contributed by atoms with E-state index in [1.165, 1.54) is 22.3 Å². The number of aromatic nitrogens is 3. The van der Waals surface area contributed by atoms with Gasteiger partial charge in [0.2, 0.25) is 0 Å². The highest BCUT2D eigenvalue weighted by Gasteiger charge is 2.16. The highest BCUT2D eigenvalue weighted by Crippen LogP contribution is 2.31. The van der Waals surface area contributed by atoms with Gasteiger partial charge in [0.25, 0.3) is 0 Å². The van der Waals surface area contributed by atoms with Crippen molar-refractivity contribution in [3.63, 3.8) is 0 Å². The van der Waals surface area contributed by atoms with Crippen LogP contribution in [0, 0.1) is 0 Å². The summed E-state index contributed by atoms with van der Waals surface area (Å²) in [5.41, 5.74) is 13.4. The predicted molar refractivity (Wildman–Crippen MR) is 227 cm³/mol. The second-order valence-electron chi connectivity index (χ2n) is 15.6. The van der Waals surface area contributed by atoms with Crippen molar-refractivity contribution in [2.45, 2.75) is 59.3 Å². The van der Waals surface area contributed by atoms with E-state index in [1.807, 2.05) is 19.1 Å². The second-order valence-corrected chi connectivity index (χ2v) is 15.6. The van der Waals surface area contributed by atoms with Crippen molar-refractivity contribution < 1.29 is 0 Å². The summed E-state index contributed by atoms with van der Waals surface area (Å²) in [5.74, 6) is 1.87. The molecule has 0 bridgehead atoms. The molecule has 0 aliphatic heterocycles. The van der Waals surface area contributed by atoms with Crippen LogP contribution in [0.25, 0.3) is 62.3 Å². The fourth-order valence-corrected chi connectivity index (χ4v) is 6.14. The molecule has 0 amide bonds. The van der Waals surface area contributed by atoms with E-state index in [2.05, 4.69) is 188 Å². The van der Waals surface area contributed by atoms with E-state index < -0.39 is 0 Å². The molecule has 3 nitrogen and oxygen atoms in total. The summed E-state index contributed by atoms with van der Waals surface area (Å²) < 4.78 is 0. The van der Waals surface area contributed by atoms with Crippen LogP contribution in [-0.2, 0) is 10.8 Å². The lowest BCUT2D eigenvalue weighted by atomic mass is 9.86. The first-order valence-corrected chi connectivity index (χ1v) is 18.3. The summed E-state index contributed by atoms with van der Waals surface area (Å²) in [6.45, 7) is 23.4. The summed E-state index contributed by atoms with van der Waals surface area (Å²) in [5, 5.41) is 0. The van der Waals surface area contributed by atoms with E-state index in [0.717, 1.165) is 44.5 Å². The molecule has 0 atom stereocenters. The zero-order valence-electron chi connectivity index (χ0n) is 32.1. The van der Waals surface area contributed by atoms with E-state index in [-0.39, 0.29) is 10.8 Å². The summed E-state index contributed by atoms with van der Waals surface area (Å²) in [6, 6.07) is 42.9. The van der Waals surface area contributed by atoms with Gasteiger partial charge in [-0.3, -0.25) is 0 Å². The molecule has 0 saturated carbocycles. The third kappa shape index (κ3) is 8.76. The van der Waals surface area contributed by atoms with Gasteiger partial charge in [-0.15, -0.1) is 0 Å². The Labute approximate surface area is 316 Å². The summed E-state index contributed by atoms with van der Waals surface area (Å²) in [6.07, 6.45) is 7.83. The summed E-state index contributed by atoms with van der Waals surface area (Å²) in [4.78, 5) is 15.0. The standard InChI is InChI=1S/C50H49N3/c1-10-35-13-16-37(17-14-35)36(11-2)15-12-34(3)46-51-47(42-22-18-38(19-23-42)40-26-30-44(31-27-40)49(4,5)6)53-48(52-46)43-24-20-39(21-25-43)41-28-32-45(33-29-41)50(7,8)9/h10-33H,1-2H2,3-9H3/b34-12+,36-15+. The van der Waals surface area contributed by atoms with Gasteiger partial charge in [0.15, 0.2) is 17.5 Å². The third-order valence-electron chi connectivity index (χ3n) is 9.66. The van der Waals surface area contributed by atoms with Gasteiger partial charge in [0.1, 0.15) is 0 Å². The Morgan fingerprint density at radius 1 is 0.472 bits per heavy atom. The molecular formula is C50H49N3. The maximum Gasteiger partial charge on any atom is 0.164 e. The van der Waals surface area contributed by atoms with E-state index >= 15 is 0 Å². The maximum atomic E-state index is 5.02. The molecule has 0 saturated heterocycles. The second kappa shape index (κ2) is 15.4. The minimum absolute atomic E-state index is 0.112. The van der Waals surface area contributed by atoms with Gasteiger partial charge in [-0.25, -0.2) is 15.0 Å². The highest BCUT2D eigenvalue weighted by molar-refractivity contribution is 5.78. The molecule has 53 heavy (non-hydrogen) atoms. The molecule has 3 heteroatoms. The van der Waals surface area contributed by atoms with Gasteiger partial charge < -0.3 is 0 Å². The van der Waals surface area contributed by atoms with Crippen LogP contribution in [0.4, 0.5) is 0 Å². The molecule has 0 fully saturated rings. The van der Waals surface area contributed by atoms with Crippen molar-refractivity contribution in [1.29, 1.82) is 0 Å². The fourth-order valence-electron chi connectivity index (χ4n) is 6.14. The summed E-state index contributed by atoms with van der Waals surface area (Å²) >= 11 is 0. The fraction of sp³-hybridized carbons (Fsp3) is 0.180. The lowest BCUT2D eigenvalue weighted by Gasteiger charge is -2.19. The number of benzene rings is 5. The van der Waals surface area contributed by atoms with Gasteiger partial charge in [0, 0.05) is 11.1 Å². The van der Waals surface area contributed by atoms with Crippen molar-refractivity contribution in [3.8, 4) is 45.0 Å². The van der Waals surface area contributed by atoms with E-state index in [4.69, 9.17) is 15.0 Å². The van der Waals surface area contributed by atoms with Crippen LogP contribution in [0.1, 0.15) is 76.5 Å². The molecule has 0 spiro atoms. The van der Waals surface area contributed by atoms with Gasteiger partial charge in [-0.2, -0.15) is 0 Å². The largest absolute Gasteiger partial charge is 0.209 e. The predicted octanol–water partition coefficient (Wildman–Crippen LogP) is 13.5. The number of hydrogen-bond donors (Lipinski definition) is 0. The first-order chi connectivity index (χ1) is 25.3. The first-order valence-electron chi connectivity index (χ1n) is 18.3. The van der Waals surface area contributed by atoms with E-state index in [9.17, 15) is 0 Å². The molecule has 6 aromatic rings. The Kier molecular flexibility index (Phi) is 10.7. The smallest absolute Gasteiger partial charge is 0.164 e. The van der Waals surface area contributed by atoms with Crippen molar-refractivity contribution in [1.82, 2.24) is 15.0 Å². The lowest BCUT2D eigenvalue weighted by Crippen LogP contribution is -2.10. The quantitative estimate of drug-likeness (QED) is 0.142. The van der Waals surface area contributed by atoms with Crippen LogP contribution in [0.3, 0.4) is 0 Å². The van der Waals surface area contributed by atoms with Crippen LogP contribution in [0.2, 0.25) is 0 Å². The normalized spacial score (nSPS) is 12.4. The Hall–Kier alpha value is -5.93. The number of nitrogens with zero attached hydrogens (tertiary/aromatic N) is 3. The molecule has 0 N–H and O–H groups in total. The first kappa shape index (κ1) is 36.8. The maximum absolute atomic E-state index is 5.02. The lowest BCUT2D eigenvalue weighted by molar-refractivity contribution is 0.590. The Balaban J connectivity index is 1.36. The number of allylic oxidation sites excluding steroid dienone is 5. The number of rotatable bonds is 9. The highest BCUT2D eigenvalue weighted by atomic mass is 15.0. The molecular weight excluding hydrogens is 643 g/mol. The van der Waals surface area contributed by atoms with Crippen LogP contribution in [0.15, 0.2) is 153 Å². The average Bonchev–Trinajstić information content (AvgIpc) is 3.17. The minimum Gasteiger partial charge on any atom is -0.209 e. The molecule has 1 heterocycles. The van der Waals surface area contributed by atoms with Gasteiger partial charge >= 0.3 is 0 Å². The molecule has 264 valence electrons. The van der Waals surface area contributed by atoms with Crippen LogP contribution in [0.5, 0.6) is 0 Å². The van der Waals surface area contributed by atoms with E-state index in [0.29, 0.717) is 17.5 Å². The minimum atomic E-state index is 0.112. The van der Waals surface area contributed by atoms with Crippen LogP contribution in [-0.4, -0.2) is 15.0 Å². The van der Waals surface area contributed by atoms with Crippen molar-refractivity contribution >= 4 is 17.2 Å². The zero-order chi connectivity index (χ0) is 37.8. The van der Waals surface area contributed by atoms with Crippen molar-refractivity contribution in [2.24, 2.45) is 0 Å². The molecule has 1 aromatic heterocycles. The molecule has 6 rings (SSSR count). The Bertz CT molecular complexity index is 2150. The topological polar surface area (TPSA) is 38.7 Å². The van der Waals surface area contributed by atoms with Gasteiger partial charge in [-0.05, 0) is 73.4 Å². The van der Waals surface area contributed by atoms with E-state index in [1.54, 1.807) is 0 Å². The van der Waals surface area contributed by atoms with Crippen LogP contribution < -0.4 is 0 Å². The molecule has 0 aliphatic rings. The number of hydrogen-bond acceptors (Lipinski definition) is 3. The average molecular weight is 692 g/mol. The van der Waals surface area contributed by atoms with Crippen molar-refractivity contribution in [3.05, 3.63) is 181 Å². The van der Waals surface area contributed by atoms with Gasteiger partial charge in [0.05, 0.1) is 0 Å². The molecule has 0 radical (unpaired) electrons. The van der Waals surface area contributed by atoms with Gasteiger partial charge in [-0.1, -0.05) is 200 Å². The summed E-state index contributed by atoms with van der Waals surface area (Å²) in [7, 11) is 0. The molecule has 0 unspecified atom stereocenters. The van der Waals surface area contributed by atoms with Crippen molar-refractivity contribution in [2.75, 3.05) is 0 Å². The zero-order valence-corrected chi connectivity index (χ0v) is 32.1. The van der Waals surface area contributed by atoms with Crippen LogP contribution >= 0.6 is 0 Å².